The summed E-state index contributed by atoms with van der Waals surface area (Å²) in [4.78, 5) is 0. The number of hydrogen-bond donors (Lipinski definition) is 0. The fraction of sp³-hybridized carbons (Fsp3) is 0.226. The van der Waals surface area contributed by atoms with Gasteiger partial charge >= 0.3 is 0 Å². The van der Waals surface area contributed by atoms with Crippen LogP contribution in [0, 0.1) is 0 Å². The number of aromatic nitrogens is 1. The summed E-state index contributed by atoms with van der Waals surface area (Å²) >= 11 is 0. The van der Waals surface area contributed by atoms with Gasteiger partial charge in [0.1, 0.15) is 8.07 Å². The average Bonchev–Trinajstić information content (AvgIpc) is 3.31. The lowest BCUT2D eigenvalue weighted by Crippen LogP contribution is -2.60. The van der Waals surface area contributed by atoms with Crippen LogP contribution >= 0.6 is 0 Å². The highest BCUT2D eigenvalue weighted by molar-refractivity contribution is 7.09. The van der Waals surface area contributed by atoms with E-state index >= 15 is 0 Å². The molecule has 0 radical (unpaired) electrons. The molecule has 2 heteroatoms. The SMILES string of the molecule is CC(C)[Si]1(C(C)C)c2c(ccc3cc(-c4ccccc4)ccc23)-c2c1c1ccccc1n2C. The molecule has 4 aromatic carbocycles. The summed E-state index contributed by atoms with van der Waals surface area (Å²) in [5.74, 6) is 0. The molecule has 33 heavy (non-hydrogen) atoms. The smallest absolute Gasteiger partial charge is 0.128 e. The second kappa shape index (κ2) is 7.20. The van der Waals surface area contributed by atoms with Gasteiger partial charge in [-0.25, -0.2) is 0 Å². The molecule has 0 spiro atoms. The summed E-state index contributed by atoms with van der Waals surface area (Å²) in [6.45, 7) is 9.90. The monoisotopic (exact) mass is 445 g/mol. The first kappa shape index (κ1) is 20.5. The van der Waals surface area contributed by atoms with E-state index in [1.165, 1.54) is 44.1 Å². The maximum absolute atomic E-state index is 2.48. The molecule has 0 amide bonds. The molecule has 164 valence electrons. The highest BCUT2D eigenvalue weighted by Crippen LogP contribution is 2.45. The zero-order valence-electron chi connectivity index (χ0n) is 20.2. The fourth-order valence-corrected chi connectivity index (χ4v) is 13.4. The molecule has 0 N–H and O–H groups in total. The van der Waals surface area contributed by atoms with Crippen molar-refractivity contribution in [1.29, 1.82) is 0 Å². The van der Waals surface area contributed by atoms with Gasteiger partial charge in [-0.1, -0.05) is 100 Å². The highest BCUT2D eigenvalue weighted by Gasteiger charge is 2.53. The number of hydrogen-bond acceptors (Lipinski definition) is 0. The Hall–Kier alpha value is -3.10. The number of benzene rings is 4. The topological polar surface area (TPSA) is 4.93 Å². The molecular weight excluding hydrogens is 414 g/mol. The molecular formula is C31H31NSi. The van der Waals surface area contributed by atoms with Crippen LogP contribution in [0.25, 0.3) is 44.1 Å². The van der Waals surface area contributed by atoms with Crippen molar-refractivity contribution < 1.29 is 0 Å². The summed E-state index contributed by atoms with van der Waals surface area (Å²) in [5, 5.41) is 7.62. The van der Waals surface area contributed by atoms with Crippen molar-refractivity contribution in [2.75, 3.05) is 0 Å². The van der Waals surface area contributed by atoms with Crippen LogP contribution < -0.4 is 10.4 Å². The van der Waals surface area contributed by atoms with Gasteiger partial charge < -0.3 is 4.57 Å². The molecule has 0 aliphatic carbocycles. The third-order valence-corrected chi connectivity index (χ3v) is 14.5. The molecule has 0 unspecified atom stereocenters. The third-order valence-electron chi connectivity index (χ3n) is 8.14. The van der Waals surface area contributed by atoms with E-state index in [9.17, 15) is 0 Å². The largest absolute Gasteiger partial charge is 0.344 e. The summed E-state index contributed by atoms with van der Waals surface area (Å²) in [5.41, 5.74) is 8.11. The molecule has 1 aliphatic heterocycles. The minimum atomic E-state index is -2.05. The molecule has 1 nitrogen and oxygen atoms in total. The Morgan fingerprint density at radius 1 is 0.636 bits per heavy atom. The summed E-state index contributed by atoms with van der Waals surface area (Å²) < 4.78 is 2.47. The van der Waals surface area contributed by atoms with Crippen LogP contribution in [0.1, 0.15) is 27.7 Å². The predicted octanol–water partition coefficient (Wildman–Crippen LogP) is 7.36. The Kier molecular flexibility index (Phi) is 4.47. The first-order chi connectivity index (χ1) is 16.0. The van der Waals surface area contributed by atoms with Gasteiger partial charge in [0.15, 0.2) is 0 Å². The minimum Gasteiger partial charge on any atom is -0.344 e. The predicted molar refractivity (Wildman–Crippen MR) is 147 cm³/mol. The molecule has 2 heterocycles. The number of aryl methyl sites for hydroxylation is 1. The van der Waals surface area contributed by atoms with Crippen molar-refractivity contribution in [3.8, 4) is 22.4 Å². The molecule has 1 aliphatic rings. The van der Waals surface area contributed by atoms with E-state index in [1.807, 2.05) is 0 Å². The Morgan fingerprint density at radius 2 is 1.33 bits per heavy atom. The second-order valence-electron chi connectivity index (χ2n) is 10.3. The zero-order chi connectivity index (χ0) is 22.9. The van der Waals surface area contributed by atoms with Gasteiger partial charge in [0.2, 0.25) is 0 Å². The molecule has 6 rings (SSSR count). The Bertz CT molecular complexity index is 1510. The van der Waals surface area contributed by atoms with Crippen molar-refractivity contribution in [3.63, 3.8) is 0 Å². The minimum absolute atomic E-state index is 0.614. The van der Waals surface area contributed by atoms with E-state index in [0.717, 1.165) is 0 Å². The van der Waals surface area contributed by atoms with E-state index < -0.39 is 8.07 Å². The van der Waals surface area contributed by atoms with Crippen molar-refractivity contribution in [2.24, 2.45) is 7.05 Å². The van der Waals surface area contributed by atoms with Crippen molar-refractivity contribution in [2.45, 2.75) is 38.8 Å². The number of para-hydroxylation sites is 1. The lowest BCUT2D eigenvalue weighted by Gasteiger charge is -2.38. The first-order valence-electron chi connectivity index (χ1n) is 12.2. The third kappa shape index (κ3) is 2.59. The standard InChI is InChI=1S/C31H31NSi/c1-20(2)33(21(3)4)30-25-17-15-23(22-11-7-6-8-12-22)19-24(25)16-18-27(30)29-31(33)26-13-9-10-14-28(26)32(29)5/h6-21H,1-5H3. The van der Waals surface area contributed by atoms with E-state index in [-0.39, 0.29) is 0 Å². The Morgan fingerprint density at radius 3 is 2.06 bits per heavy atom. The van der Waals surface area contributed by atoms with Crippen molar-refractivity contribution in [1.82, 2.24) is 4.57 Å². The van der Waals surface area contributed by atoms with Gasteiger partial charge in [-0.15, -0.1) is 0 Å². The zero-order valence-corrected chi connectivity index (χ0v) is 21.2. The fourth-order valence-electron chi connectivity index (χ4n) is 6.86. The molecule has 1 aromatic heterocycles. The van der Waals surface area contributed by atoms with Gasteiger partial charge in [-0.05, 0) is 66.4 Å². The number of fused-ring (bicyclic) bond motifs is 7. The van der Waals surface area contributed by atoms with Crippen LogP contribution in [0.4, 0.5) is 0 Å². The van der Waals surface area contributed by atoms with Gasteiger partial charge in [-0.3, -0.25) is 0 Å². The van der Waals surface area contributed by atoms with Crippen LogP contribution in [0.2, 0.25) is 11.1 Å². The van der Waals surface area contributed by atoms with Crippen LogP contribution in [-0.4, -0.2) is 12.6 Å². The normalized spacial score (nSPS) is 14.4. The average molecular weight is 446 g/mol. The van der Waals surface area contributed by atoms with E-state index in [2.05, 4.69) is 124 Å². The van der Waals surface area contributed by atoms with Crippen molar-refractivity contribution in [3.05, 3.63) is 84.9 Å². The van der Waals surface area contributed by atoms with Crippen LogP contribution in [0.5, 0.6) is 0 Å². The van der Waals surface area contributed by atoms with E-state index in [1.54, 1.807) is 10.4 Å². The van der Waals surface area contributed by atoms with Crippen LogP contribution in [-0.2, 0) is 7.05 Å². The summed E-state index contributed by atoms with van der Waals surface area (Å²) in [6, 6.07) is 31.7. The highest BCUT2D eigenvalue weighted by atomic mass is 28.3. The van der Waals surface area contributed by atoms with Crippen LogP contribution in [0.15, 0.2) is 84.9 Å². The van der Waals surface area contributed by atoms with E-state index in [4.69, 9.17) is 0 Å². The number of rotatable bonds is 3. The lowest BCUT2D eigenvalue weighted by atomic mass is 9.99. The van der Waals surface area contributed by atoms with E-state index in [0.29, 0.717) is 11.1 Å². The van der Waals surface area contributed by atoms with Gasteiger partial charge in [-0.2, -0.15) is 0 Å². The maximum atomic E-state index is 2.48. The molecule has 0 saturated heterocycles. The molecule has 0 saturated carbocycles. The van der Waals surface area contributed by atoms with Crippen molar-refractivity contribution >= 4 is 40.1 Å². The Balaban J connectivity index is 1.73. The Labute approximate surface area is 197 Å². The maximum Gasteiger partial charge on any atom is 0.128 e. The lowest BCUT2D eigenvalue weighted by molar-refractivity contribution is 0.931. The molecule has 5 aromatic rings. The summed E-state index contributed by atoms with van der Waals surface area (Å²) in [6.07, 6.45) is 0. The molecule has 0 fully saturated rings. The van der Waals surface area contributed by atoms with Gasteiger partial charge in [0.25, 0.3) is 0 Å². The van der Waals surface area contributed by atoms with Gasteiger partial charge in [0, 0.05) is 18.3 Å². The number of nitrogens with zero attached hydrogens (tertiary/aromatic N) is 1. The second-order valence-corrected chi connectivity index (χ2v) is 15.3. The summed E-state index contributed by atoms with van der Waals surface area (Å²) in [7, 11) is 0.209. The molecule has 0 bridgehead atoms. The molecule has 0 atom stereocenters. The quantitative estimate of drug-likeness (QED) is 0.256. The van der Waals surface area contributed by atoms with Crippen LogP contribution in [0.3, 0.4) is 0 Å². The van der Waals surface area contributed by atoms with Gasteiger partial charge in [0.05, 0.1) is 0 Å². The first-order valence-corrected chi connectivity index (χ1v) is 14.3.